The molecule has 0 saturated carbocycles. The van der Waals surface area contributed by atoms with Crippen LogP contribution in [-0.4, -0.2) is 29.0 Å². The SMILES string of the molecule is CCCCCOc1ccc(C(=O)Oc2ccc(C=Nc3ccc(O)cc3)c(O)c2)cc1. The fourth-order valence-corrected chi connectivity index (χ4v) is 2.77. The van der Waals surface area contributed by atoms with Crippen molar-refractivity contribution >= 4 is 17.9 Å². The van der Waals surface area contributed by atoms with Crippen LogP contribution in [0.3, 0.4) is 0 Å². The molecule has 3 aromatic carbocycles. The largest absolute Gasteiger partial charge is 0.508 e. The minimum atomic E-state index is -0.526. The molecule has 3 rings (SSSR count). The van der Waals surface area contributed by atoms with Crippen LogP contribution in [0.4, 0.5) is 5.69 Å². The average Bonchev–Trinajstić information content (AvgIpc) is 2.78. The number of ether oxygens (including phenoxy) is 2. The monoisotopic (exact) mass is 419 g/mol. The number of hydrogen-bond donors (Lipinski definition) is 2. The van der Waals surface area contributed by atoms with Crippen LogP contribution in [0.5, 0.6) is 23.0 Å². The third kappa shape index (κ3) is 6.60. The van der Waals surface area contributed by atoms with Gasteiger partial charge < -0.3 is 19.7 Å². The average molecular weight is 419 g/mol. The van der Waals surface area contributed by atoms with Crippen molar-refractivity contribution in [2.45, 2.75) is 26.2 Å². The highest BCUT2D eigenvalue weighted by atomic mass is 16.5. The maximum Gasteiger partial charge on any atom is 0.343 e. The summed E-state index contributed by atoms with van der Waals surface area (Å²) >= 11 is 0. The number of carbonyl (C=O) groups is 1. The summed E-state index contributed by atoms with van der Waals surface area (Å²) in [7, 11) is 0. The number of esters is 1. The van der Waals surface area contributed by atoms with E-state index in [1.54, 1.807) is 48.5 Å². The first-order valence-electron chi connectivity index (χ1n) is 10.2. The van der Waals surface area contributed by atoms with E-state index in [0.29, 0.717) is 29.2 Å². The van der Waals surface area contributed by atoms with Gasteiger partial charge in [0.25, 0.3) is 0 Å². The Morgan fingerprint density at radius 2 is 1.65 bits per heavy atom. The molecule has 160 valence electrons. The van der Waals surface area contributed by atoms with Gasteiger partial charge >= 0.3 is 5.97 Å². The predicted octanol–water partition coefficient (Wildman–Crippen LogP) is 5.64. The first kappa shape index (κ1) is 21.9. The van der Waals surface area contributed by atoms with Crippen molar-refractivity contribution in [2.24, 2.45) is 4.99 Å². The van der Waals surface area contributed by atoms with Crippen molar-refractivity contribution < 1.29 is 24.5 Å². The van der Waals surface area contributed by atoms with E-state index in [4.69, 9.17) is 9.47 Å². The summed E-state index contributed by atoms with van der Waals surface area (Å²) in [5.41, 5.74) is 1.49. The zero-order chi connectivity index (χ0) is 22.1. The molecule has 0 unspecified atom stereocenters. The first-order valence-corrected chi connectivity index (χ1v) is 10.2. The Kier molecular flexibility index (Phi) is 7.65. The zero-order valence-corrected chi connectivity index (χ0v) is 17.3. The zero-order valence-electron chi connectivity index (χ0n) is 17.3. The number of phenolic OH excluding ortho intramolecular Hbond substituents is 2. The van der Waals surface area contributed by atoms with E-state index in [1.807, 2.05) is 0 Å². The van der Waals surface area contributed by atoms with E-state index in [9.17, 15) is 15.0 Å². The number of phenols is 2. The quantitative estimate of drug-likeness (QED) is 0.203. The number of hydrogen-bond acceptors (Lipinski definition) is 6. The van der Waals surface area contributed by atoms with Gasteiger partial charge in [0.05, 0.1) is 17.9 Å². The maximum absolute atomic E-state index is 12.4. The van der Waals surface area contributed by atoms with E-state index >= 15 is 0 Å². The Hall–Kier alpha value is -3.80. The second-order valence-electron chi connectivity index (χ2n) is 6.96. The van der Waals surface area contributed by atoms with Gasteiger partial charge in [-0.05, 0) is 67.1 Å². The summed E-state index contributed by atoms with van der Waals surface area (Å²) in [6, 6.07) is 17.7. The van der Waals surface area contributed by atoms with Gasteiger partial charge in [0, 0.05) is 17.8 Å². The molecule has 0 radical (unpaired) electrons. The van der Waals surface area contributed by atoms with Crippen molar-refractivity contribution in [1.29, 1.82) is 0 Å². The molecule has 6 nitrogen and oxygen atoms in total. The molecule has 0 heterocycles. The topological polar surface area (TPSA) is 88.4 Å². The number of aliphatic imine (C=N–C) groups is 1. The lowest BCUT2D eigenvalue weighted by Crippen LogP contribution is -2.08. The Morgan fingerprint density at radius 3 is 2.32 bits per heavy atom. The summed E-state index contributed by atoms with van der Waals surface area (Å²) in [5, 5.41) is 19.5. The van der Waals surface area contributed by atoms with Gasteiger partial charge in [0.15, 0.2) is 0 Å². The van der Waals surface area contributed by atoms with Crippen molar-refractivity contribution in [2.75, 3.05) is 6.61 Å². The second kappa shape index (κ2) is 10.8. The Bertz CT molecular complexity index is 1030. The molecule has 3 aromatic rings. The molecule has 0 saturated heterocycles. The summed E-state index contributed by atoms with van der Waals surface area (Å²) in [6.45, 7) is 2.79. The fraction of sp³-hybridized carbons (Fsp3) is 0.200. The fourth-order valence-electron chi connectivity index (χ4n) is 2.77. The first-order chi connectivity index (χ1) is 15.0. The maximum atomic E-state index is 12.4. The summed E-state index contributed by atoms with van der Waals surface area (Å²) in [5.74, 6) is 0.500. The van der Waals surface area contributed by atoms with Crippen LogP contribution in [0, 0.1) is 0 Å². The van der Waals surface area contributed by atoms with E-state index < -0.39 is 5.97 Å². The normalized spacial score (nSPS) is 10.9. The Balaban J connectivity index is 1.58. The third-order valence-electron chi connectivity index (χ3n) is 4.52. The lowest BCUT2D eigenvalue weighted by molar-refractivity contribution is 0.0734. The van der Waals surface area contributed by atoms with Gasteiger partial charge in [0.2, 0.25) is 0 Å². The minimum absolute atomic E-state index is 0.0661. The highest BCUT2D eigenvalue weighted by Crippen LogP contribution is 2.25. The standard InChI is InChI=1S/C25H25NO5/c1-2-3-4-15-30-22-12-5-18(6-13-22)25(29)31-23-14-7-19(24(28)16-23)17-26-20-8-10-21(27)11-9-20/h5-14,16-17,27-28H,2-4,15H2,1H3. The molecule has 0 bridgehead atoms. The number of aromatic hydroxyl groups is 2. The van der Waals surface area contributed by atoms with E-state index in [-0.39, 0.29) is 17.2 Å². The van der Waals surface area contributed by atoms with Crippen LogP contribution < -0.4 is 9.47 Å². The van der Waals surface area contributed by atoms with Crippen LogP contribution in [0.25, 0.3) is 0 Å². The van der Waals surface area contributed by atoms with Gasteiger partial charge in [-0.3, -0.25) is 4.99 Å². The molecule has 0 aliphatic carbocycles. The van der Waals surface area contributed by atoms with Gasteiger partial charge in [-0.25, -0.2) is 4.79 Å². The lowest BCUT2D eigenvalue weighted by Gasteiger charge is -2.08. The van der Waals surface area contributed by atoms with Crippen LogP contribution in [0.2, 0.25) is 0 Å². The molecule has 0 fully saturated rings. The number of carbonyl (C=O) groups excluding carboxylic acids is 1. The minimum Gasteiger partial charge on any atom is -0.508 e. The van der Waals surface area contributed by atoms with Gasteiger partial charge in [-0.1, -0.05) is 19.8 Å². The highest BCUT2D eigenvalue weighted by Gasteiger charge is 2.10. The number of unbranched alkanes of at least 4 members (excludes halogenated alkanes) is 2. The van der Waals surface area contributed by atoms with Crippen LogP contribution in [0.1, 0.15) is 42.1 Å². The van der Waals surface area contributed by atoms with Crippen molar-refractivity contribution in [3.8, 4) is 23.0 Å². The molecule has 0 atom stereocenters. The molecule has 31 heavy (non-hydrogen) atoms. The summed E-state index contributed by atoms with van der Waals surface area (Å²) in [6.07, 6.45) is 4.75. The Morgan fingerprint density at radius 1 is 0.935 bits per heavy atom. The van der Waals surface area contributed by atoms with Crippen LogP contribution in [0.15, 0.2) is 71.7 Å². The van der Waals surface area contributed by atoms with E-state index in [2.05, 4.69) is 11.9 Å². The molecular weight excluding hydrogens is 394 g/mol. The molecule has 0 aliphatic heterocycles. The third-order valence-corrected chi connectivity index (χ3v) is 4.52. The number of benzene rings is 3. The second-order valence-corrected chi connectivity index (χ2v) is 6.96. The Labute approximate surface area is 181 Å². The summed E-state index contributed by atoms with van der Waals surface area (Å²) in [4.78, 5) is 16.6. The molecule has 6 heteroatoms. The molecule has 0 aromatic heterocycles. The van der Waals surface area contributed by atoms with Crippen LogP contribution >= 0.6 is 0 Å². The van der Waals surface area contributed by atoms with E-state index in [1.165, 1.54) is 24.4 Å². The van der Waals surface area contributed by atoms with Gasteiger partial charge in [-0.15, -0.1) is 0 Å². The van der Waals surface area contributed by atoms with Gasteiger partial charge in [0.1, 0.15) is 23.0 Å². The smallest absolute Gasteiger partial charge is 0.343 e. The number of rotatable bonds is 9. The molecule has 2 N–H and O–H groups in total. The van der Waals surface area contributed by atoms with Gasteiger partial charge in [-0.2, -0.15) is 0 Å². The van der Waals surface area contributed by atoms with Crippen molar-refractivity contribution in [1.82, 2.24) is 0 Å². The molecule has 0 spiro atoms. The lowest BCUT2D eigenvalue weighted by atomic mass is 10.2. The van der Waals surface area contributed by atoms with Crippen LogP contribution in [-0.2, 0) is 0 Å². The van der Waals surface area contributed by atoms with E-state index in [0.717, 1.165) is 19.3 Å². The van der Waals surface area contributed by atoms with Crippen molar-refractivity contribution in [3.63, 3.8) is 0 Å². The molecule has 0 amide bonds. The highest BCUT2D eigenvalue weighted by molar-refractivity contribution is 5.91. The predicted molar refractivity (Wildman–Crippen MR) is 120 cm³/mol. The van der Waals surface area contributed by atoms with Crippen molar-refractivity contribution in [3.05, 3.63) is 77.9 Å². The number of nitrogens with zero attached hydrogens (tertiary/aromatic N) is 1. The molecular formula is C25H25NO5. The molecule has 0 aliphatic rings. The summed E-state index contributed by atoms with van der Waals surface area (Å²) < 4.78 is 11.0.